The van der Waals surface area contributed by atoms with Crippen LogP contribution in [0.3, 0.4) is 0 Å². The third-order valence-electron chi connectivity index (χ3n) is 12.4. The van der Waals surface area contributed by atoms with E-state index in [0.29, 0.717) is 0 Å². The molecule has 0 saturated heterocycles. The van der Waals surface area contributed by atoms with Crippen LogP contribution in [0.15, 0.2) is 200 Å². The van der Waals surface area contributed by atoms with Crippen LogP contribution >= 0.6 is 0 Å². The fourth-order valence-corrected chi connectivity index (χ4v) is 9.52. The van der Waals surface area contributed by atoms with Gasteiger partial charge in [-0.3, -0.25) is 0 Å². The summed E-state index contributed by atoms with van der Waals surface area (Å²) in [4.78, 5) is 2.41. The zero-order chi connectivity index (χ0) is 38.1. The van der Waals surface area contributed by atoms with Gasteiger partial charge < -0.3 is 9.64 Å². The van der Waals surface area contributed by atoms with Gasteiger partial charge >= 0.3 is 0 Å². The van der Waals surface area contributed by atoms with E-state index < -0.39 is 0 Å². The molecule has 2 unspecified atom stereocenters. The van der Waals surface area contributed by atoms with E-state index in [1.54, 1.807) is 0 Å². The van der Waals surface area contributed by atoms with Crippen molar-refractivity contribution < 1.29 is 4.74 Å². The van der Waals surface area contributed by atoms with Crippen molar-refractivity contribution in [2.45, 2.75) is 31.3 Å². The maximum atomic E-state index is 6.54. The second-order valence-electron chi connectivity index (χ2n) is 16.0. The van der Waals surface area contributed by atoms with Crippen LogP contribution in [0.25, 0.3) is 55.3 Å². The van der Waals surface area contributed by atoms with Gasteiger partial charge in [-0.25, -0.2) is 0 Å². The number of allylic oxidation sites excluding steroid dienone is 2. The highest BCUT2D eigenvalue weighted by molar-refractivity contribution is 5.97. The highest BCUT2D eigenvalue weighted by Gasteiger charge is 2.36. The van der Waals surface area contributed by atoms with Crippen LogP contribution < -0.4 is 9.64 Å². The van der Waals surface area contributed by atoms with Crippen LogP contribution in [0, 0.1) is 0 Å². The second-order valence-corrected chi connectivity index (χ2v) is 16.0. The van der Waals surface area contributed by atoms with Gasteiger partial charge in [0, 0.05) is 34.0 Å². The number of ether oxygens (including phenoxy) is 1. The summed E-state index contributed by atoms with van der Waals surface area (Å²) in [5, 5.41) is 2.51. The average Bonchev–Trinajstić information content (AvgIpc) is 3.75. The Morgan fingerprint density at radius 3 is 1.86 bits per heavy atom. The number of hydrogen-bond donors (Lipinski definition) is 0. The van der Waals surface area contributed by atoms with Crippen molar-refractivity contribution >= 4 is 27.8 Å². The monoisotopic (exact) mass is 731 g/mol. The molecular weight excluding hydrogens is 691 g/mol. The Bertz CT molecular complexity index is 2890. The van der Waals surface area contributed by atoms with Gasteiger partial charge in [0.25, 0.3) is 0 Å². The molecule has 2 nitrogen and oxygen atoms in total. The normalized spacial score (nSPS) is 16.7. The fourth-order valence-electron chi connectivity index (χ4n) is 9.52. The maximum absolute atomic E-state index is 6.54. The Morgan fingerprint density at radius 2 is 1.05 bits per heavy atom. The van der Waals surface area contributed by atoms with E-state index in [9.17, 15) is 0 Å². The molecule has 2 aliphatic carbocycles. The molecule has 8 aromatic rings. The lowest BCUT2D eigenvalue weighted by Gasteiger charge is -2.28. The molecule has 3 aliphatic rings. The molecule has 1 heterocycles. The molecular formula is C55H41NO. The van der Waals surface area contributed by atoms with Crippen LogP contribution in [0.1, 0.15) is 36.5 Å². The van der Waals surface area contributed by atoms with E-state index in [2.05, 4.69) is 219 Å². The highest BCUT2D eigenvalue weighted by atomic mass is 16.5. The van der Waals surface area contributed by atoms with Gasteiger partial charge in [-0.05, 0) is 121 Å². The maximum Gasteiger partial charge on any atom is 0.128 e. The van der Waals surface area contributed by atoms with E-state index >= 15 is 0 Å². The first-order chi connectivity index (χ1) is 28.0. The smallest absolute Gasteiger partial charge is 0.128 e. The molecule has 8 aromatic carbocycles. The zero-order valence-corrected chi connectivity index (χ0v) is 32.1. The summed E-state index contributed by atoms with van der Waals surface area (Å²) in [6.45, 7) is 4.71. The second kappa shape index (κ2) is 13.1. The van der Waals surface area contributed by atoms with Crippen LogP contribution in [0.2, 0.25) is 0 Å². The molecule has 11 rings (SSSR count). The van der Waals surface area contributed by atoms with E-state index in [1.165, 1.54) is 66.4 Å². The summed E-state index contributed by atoms with van der Waals surface area (Å²) < 4.78 is 6.54. The Hall–Kier alpha value is -6.90. The number of rotatable bonds is 6. The quantitative estimate of drug-likeness (QED) is 0.169. The fraction of sp³-hybridized carbons (Fsp3) is 0.0909. The number of benzene rings is 8. The molecule has 0 aromatic heterocycles. The first kappa shape index (κ1) is 33.4. The summed E-state index contributed by atoms with van der Waals surface area (Å²) in [7, 11) is 0. The van der Waals surface area contributed by atoms with Crippen molar-refractivity contribution in [2.24, 2.45) is 0 Å². The molecule has 0 spiro atoms. The molecule has 0 saturated carbocycles. The van der Waals surface area contributed by atoms with Crippen molar-refractivity contribution in [3.63, 3.8) is 0 Å². The van der Waals surface area contributed by atoms with E-state index in [4.69, 9.17) is 4.74 Å². The topological polar surface area (TPSA) is 12.5 Å². The third-order valence-corrected chi connectivity index (χ3v) is 12.4. The summed E-state index contributed by atoms with van der Waals surface area (Å²) in [6.07, 6.45) is 8.70. The molecule has 0 N–H and O–H groups in total. The SMILES string of the molecule is CC1(C)c2ccccc2-c2ccc(N(c3ccc(-c4cc5c(cc4-c4ccccc4)C4C=CC=CC4O5)cc3)c3ccc(-c4cccc5ccccc45)cc3)cc21. The molecule has 57 heavy (non-hydrogen) atoms. The van der Waals surface area contributed by atoms with Crippen molar-refractivity contribution in [1.29, 1.82) is 0 Å². The van der Waals surface area contributed by atoms with Crippen LogP contribution in [0.5, 0.6) is 5.75 Å². The largest absolute Gasteiger partial charge is 0.485 e. The van der Waals surface area contributed by atoms with Gasteiger partial charge in [0.2, 0.25) is 0 Å². The van der Waals surface area contributed by atoms with Crippen molar-refractivity contribution in [3.05, 3.63) is 217 Å². The molecule has 0 fully saturated rings. The number of nitrogens with zero attached hydrogens (tertiary/aromatic N) is 1. The molecule has 272 valence electrons. The van der Waals surface area contributed by atoms with Crippen molar-refractivity contribution in [2.75, 3.05) is 4.90 Å². The van der Waals surface area contributed by atoms with E-state index in [0.717, 1.165) is 28.4 Å². The minimum absolute atomic E-state index is 0.0388. The van der Waals surface area contributed by atoms with Crippen molar-refractivity contribution in [3.8, 4) is 50.3 Å². The first-order valence-electron chi connectivity index (χ1n) is 20.0. The average molecular weight is 732 g/mol. The van der Waals surface area contributed by atoms with Gasteiger partial charge in [-0.15, -0.1) is 0 Å². The number of anilines is 3. The molecule has 0 amide bonds. The number of fused-ring (bicyclic) bond motifs is 7. The lowest BCUT2D eigenvalue weighted by Crippen LogP contribution is -2.16. The lowest BCUT2D eigenvalue weighted by molar-refractivity contribution is 0.269. The Balaban J connectivity index is 1.03. The first-order valence-corrected chi connectivity index (χ1v) is 20.0. The van der Waals surface area contributed by atoms with Crippen molar-refractivity contribution in [1.82, 2.24) is 0 Å². The predicted octanol–water partition coefficient (Wildman–Crippen LogP) is 14.6. The summed E-state index contributed by atoms with van der Waals surface area (Å²) in [5.41, 5.74) is 17.1. The summed E-state index contributed by atoms with van der Waals surface area (Å²) >= 11 is 0. The van der Waals surface area contributed by atoms with Crippen LogP contribution in [-0.2, 0) is 5.41 Å². The minimum Gasteiger partial charge on any atom is -0.485 e. The van der Waals surface area contributed by atoms with Gasteiger partial charge in [0.15, 0.2) is 0 Å². The molecule has 2 heteroatoms. The molecule has 0 radical (unpaired) electrons. The Labute approximate surface area is 334 Å². The molecule has 0 bridgehead atoms. The number of hydrogen-bond acceptors (Lipinski definition) is 2. The third kappa shape index (κ3) is 5.47. The van der Waals surface area contributed by atoms with Crippen LogP contribution in [-0.4, -0.2) is 6.10 Å². The highest BCUT2D eigenvalue weighted by Crippen LogP contribution is 2.51. The van der Waals surface area contributed by atoms with Gasteiger partial charge in [-0.1, -0.05) is 159 Å². The minimum atomic E-state index is -0.109. The molecule has 1 aliphatic heterocycles. The van der Waals surface area contributed by atoms with Gasteiger partial charge in [0.1, 0.15) is 11.9 Å². The standard InChI is InChI=1S/C55H41NO/c1-55(2)51-21-10-8-18-45(51)46-32-31-42(33-52(46)55)56(40-27-23-38(24-28-40)44-20-12-16-36-15-6-7-17-43(36)44)41-29-25-39(26-30-41)49-35-54-50(47-19-9-11-22-53(47)57-54)34-48(49)37-13-4-3-5-14-37/h3-35,47,53H,1-2H3. The summed E-state index contributed by atoms with van der Waals surface area (Å²) in [5.74, 6) is 1.20. The molecule has 2 atom stereocenters. The van der Waals surface area contributed by atoms with Gasteiger partial charge in [-0.2, -0.15) is 0 Å². The van der Waals surface area contributed by atoms with Crippen LogP contribution in [0.4, 0.5) is 17.1 Å². The van der Waals surface area contributed by atoms with E-state index in [1.807, 2.05) is 0 Å². The Kier molecular flexibility index (Phi) is 7.69. The lowest BCUT2D eigenvalue weighted by atomic mass is 9.82. The van der Waals surface area contributed by atoms with E-state index in [-0.39, 0.29) is 17.4 Å². The zero-order valence-electron chi connectivity index (χ0n) is 32.1. The Morgan fingerprint density at radius 1 is 0.456 bits per heavy atom. The van der Waals surface area contributed by atoms with Gasteiger partial charge in [0.05, 0.1) is 0 Å². The predicted molar refractivity (Wildman–Crippen MR) is 238 cm³/mol. The summed E-state index contributed by atoms with van der Waals surface area (Å²) in [6, 6.07) is 64.6.